The molecule has 2 rings (SSSR count). The fourth-order valence-corrected chi connectivity index (χ4v) is 1.67. The third-order valence-electron chi connectivity index (χ3n) is 2.34. The van der Waals surface area contributed by atoms with Crippen molar-refractivity contribution in [2.75, 3.05) is 5.73 Å². The van der Waals surface area contributed by atoms with Crippen LogP contribution in [0.25, 0.3) is 11.1 Å². The lowest BCUT2D eigenvalue weighted by atomic mass is 10.0. The fourth-order valence-electron chi connectivity index (χ4n) is 1.50. The van der Waals surface area contributed by atoms with E-state index >= 15 is 0 Å². The van der Waals surface area contributed by atoms with Crippen LogP contribution in [-0.4, -0.2) is 0 Å². The van der Waals surface area contributed by atoms with E-state index < -0.39 is 17.5 Å². The van der Waals surface area contributed by atoms with E-state index in [2.05, 4.69) is 0 Å². The molecule has 88 valence electrons. The summed E-state index contributed by atoms with van der Waals surface area (Å²) < 4.78 is 39.4. The van der Waals surface area contributed by atoms with E-state index in [1.54, 1.807) is 0 Å². The first-order valence-electron chi connectivity index (χ1n) is 4.69. The average Bonchev–Trinajstić information content (AvgIpc) is 2.30. The van der Waals surface area contributed by atoms with Crippen LogP contribution in [0.4, 0.5) is 18.9 Å². The summed E-state index contributed by atoms with van der Waals surface area (Å²) in [5.74, 6) is -4.05. The second kappa shape index (κ2) is 4.30. The molecular weight excluding hydrogens is 251 g/mol. The minimum atomic E-state index is -1.53. The Labute approximate surface area is 101 Å². The highest BCUT2D eigenvalue weighted by atomic mass is 35.5. The molecule has 0 aliphatic carbocycles. The van der Waals surface area contributed by atoms with Crippen molar-refractivity contribution in [3.05, 3.63) is 52.8 Å². The largest absolute Gasteiger partial charge is 0.398 e. The van der Waals surface area contributed by atoms with Gasteiger partial charge in [-0.15, -0.1) is 0 Å². The molecule has 5 heteroatoms. The maximum atomic E-state index is 13.5. The summed E-state index contributed by atoms with van der Waals surface area (Å²) in [6, 6.07) is 6.35. The Bertz CT molecular complexity index is 584. The lowest BCUT2D eigenvalue weighted by Crippen LogP contribution is -1.97. The molecule has 0 aromatic heterocycles. The van der Waals surface area contributed by atoms with E-state index in [1.165, 1.54) is 18.2 Å². The highest BCUT2D eigenvalue weighted by molar-refractivity contribution is 6.31. The molecule has 0 unspecified atom stereocenters. The topological polar surface area (TPSA) is 26.0 Å². The molecule has 0 aliphatic rings. The zero-order chi connectivity index (χ0) is 12.6. The Hall–Kier alpha value is -1.68. The molecule has 1 nitrogen and oxygen atoms in total. The lowest BCUT2D eigenvalue weighted by Gasteiger charge is -2.08. The first-order valence-corrected chi connectivity index (χ1v) is 5.07. The predicted octanol–water partition coefficient (Wildman–Crippen LogP) is 4.01. The predicted molar refractivity (Wildman–Crippen MR) is 61.2 cm³/mol. The van der Waals surface area contributed by atoms with Gasteiger partial charge in [-0.05, 0) is 30.3 Å². The van der Waals surface area contributed by atoms with E-state index in [1.807, 2.05) is 0 Å². The Kier molecular flexibility index (Phi) is 2.98. The molecule has 2 aromatic carbocycles. The van der Waals surface area contributed by atoms with Crippen LogP contribution in [0.2, 0.25) is 5.02 Å². The van der Waals surface area contributed by atoms with Crippen LogP contribution in [0.5, 0.6) is 0 Å². The SMILES string of the molecule is Nc1ccc(Cl)cc1-c1ccc(F)c(F)c1F. The van der Waals surface area contributed by atoms with Crippen molar-refractivity contribution in [3.8, 4) is 11.1 Å². The van der Waals surface area contributed by atoms with Crippen molar-refractivity contribution >= 4 is 17.3 Å². The van der Waals surface area contributed by atoms with Gasteiger partial charge < -0.3 is 5.73 Å². The van der Waals surface area contributed by atoms with Gasteiger partial charge in [0.2, 0.25) is 0 Å². The highest BCUT2D eigenvalue weighted by Crippen LogP contribution is 2.32. The van der Waals surface area contributed by atoms with Crippen LogP contribution >= 0.6 is 11.6 Å². The summed E-state index contributed by atoms with van der Waals surface area (Å²) in [4.78, 5) is 0. The van der Waals surface area contributed by atoms with Gasteiger partial charge >= 0.3 is 0 Å². The zero-order valence-corrected chi connectivity index (χ0v) is 9.23. The van der Waals surface area contributed by atoms with E-state index in [9.17, 15) is 13.2 Å². The van der Waals surface area contributed by atoms with Crippen molar-refractivity contribution in [2.24, 2.45) is 0 Å². The first kappa shape index (κ1) is 11.8. The average molecular weight is 258 g/mol. The van der Waals surface area contributed by atoms with Crippen LogP contribution in [-0.2, 0) is 0 Å². The van der Waals surface area contributed by atoms with Crippen LogP contribution in [0.15, 0.2) is 30.3 Å². The molecule has 0 saturated heterocycles. The van der Waals surface area contributed by atoms with Gasteiger partial charge in [0.1, 0.15) is 0 Å². The summed E-state index contributed by atoms with van der Waals surface area (Å²) in [5.41, 5.74) is 5.98. The molecule has 0 bridgehead atoms. The van der Waals surface area contributed by atoms with E-state index in [0.717, 1.165) is 12.1 Å². The maximum Gasteiger partial charge on any atom is 0.195 e. The van der Waals surface area contributed by atoms with Crippen LogP contribution < -0.4 is 5.73 Å². The molecule has 2 N–H and O–H groups in total. The zero-order valence-electron chi connectivity index (χ0n) is 8.48. The third kappa shape index (κ3) is 2.08. The molecule has 0 radical (unpaired) electrons. The molecule has 0 spiro atoms. The summed E-state index contributed by atoms with van der Waals surface area (Å²) >= 11 is 5.74. The molecule has 2 aromatic rings. The van der Waals surface area contributed by atoms with Crippen molar-refractivity contribution in [1.82, 2.24) is 0 Å². The molecule has 17 heavy (non-hydrogen) atoms. The van der Waals surface area contributed by atoms with Crippen LogP contribution in [0, 0.1) is 17.5 Å². The van der Waals surface area contributed by atoms with E-state index in [0.29, 0.717) is 5.02 Å². The second-order valence-electron chi connectivity index (χ2n) is 3.45. The number of halogens is 4. The van der Waals surface area contributed by atoms with Gasteiger partial charge in [0.05, 0.1) is 0 Å². The number of anilines is 1. The Balaban J connectivity index is 2.69. The lowest BCUT2D eigenvalue weighted by molar-refractivity contribution is 0.449. The number of hydrogen-bond donors (Lipinski definition) is 1. The molecular formula is C12H7ClF3N. The summed E-state index contributed by atoms with van der Waals surface area (Å²) in [6.07, 6.45) is 0. The van der Waals surface area contributed by atoms with Crippen LogP contribution in [0.1, 0.15) is 0 Å². The van der Waals surface area contributed by atoms with Crippen molar-refractivity contribution in [2.45, 2.75) is 0 Å². The normalized spacial score (nSPS) is 10.6. The van der Waals surface area contributed by atoms with Gasteiger partial charge in [-0.25, -0.2) is 13.2 Å². The van der Waals surface area contributed by atoms with Crippen molar-refractivity contribution in [1.29, 1.82) is 0 Å². The smallest absolute Gasteiger partial charge is 0.195 e. The van der Waals surface area contributed by atoms with Gasteiger partial charge in [0.15, 0.2) is 17.5 Å². The standard InChI is InChI=1S/C12H7ClF3N/c13-6-1-4-10(17)8(5-6)7-2-3-9(14)12(16)11(7)15/h1-5H,17H2. The summed E-state index contributed by atoms with van der Waals surface area (Å²) in [7, 11) is 0. The second-order valence-corrected chi connectivity index (χ2v) is 3.89. The van der Waals surface area contributed by atoms with Gasteiger partial charge in [-0.2, -0.15) is 0 Å². The molecule has 0 heterocycles. The molecule has 0 atom stereocenters. The fraction of sp³-hybridized carbons (Fsp3) is 0. The number of benzene rings is 2. The number of hydrogen-bond acceptors (Lipinski definition) is 1. The Morgan fingerprint density at radius 2 is 1.59 bits per heavy atom. The highest BCUT2D eigenvalue weighted by Gasteiger charge is 2.16. The van der Waals surface area contributed by atoms with Gasteiger partial charge in [0.25, 0.3) is 0 Å². The Morgan fingerprint density at radius 3 is 2.29 bits per heavy atom. The number of rotatable bonds is 1. The molecule has 0 saturated carbocycles. The first-order chi connectivity index (χ1) is 8.00. The van der Waals surface area contributed by atoms with E-state index in [-0.39, 0.29) is 16.8 Å². The minimum absolute atomic E-state index is 0.121. The number of nitrogens with two attached hydrogens (primary N) is 1. The molecule has 0 amide bonds. The molecule has 0 fully saturated rings. The quantitative estimate of drug-likeness (QED) is 0.606. The van der Waals surface area contributed by atoms with Crippen LogP contribution in [0.3, 0.4) is 0 Å². The van der Waals surface area contributed by atoms with E-state index in [4.69, 9.17) is 17.3 Å². The van der Waals surface area contributed by atoms with Crippen molar-refractivity contribution < 1.29 is 13.2 Å². The molecule has 0 aliphatic heterocycles. The third-order valence-corrected chi connectivity index (χ3v) is 2.58. The maximum absolute atomic E-state index is 13.5. The minimum Gasteiger partial charge on any atom is -0.398 e. The summed E-state index contributed by atoms with van der Waals surface area (Å²) in [5, 5.41) is 0.332. The number of nitrogen functional groups attached to an aromatic ring is 1. The Morgan fingerprint density at radius 1 is 0.882 bits per heavy atom. The monoisotopic (exact) mass is 257 g/mol. The van der Waals surface area contributed by atoms with Gasteiger partial charge in [0, 0.05) is 21.8 Å². The van der Waals surface area contributed by atoms with Gasteiger partial charge in [-0.1, -0.05) is 11.6 Å². The van der Waals surface area contributed by atoms with Gasteiger partial charge in [-0.3, -0.25) is 0 Å². The summed E-state index contributed by atoms with van der Waals surface area (Å²) in [6.45, 7) is 0. The van der Waals surface area contributed by atoms with Crippen molar-refractivity contribution in [3.63, 3.8) is 0 Å².